The topological polar surface area (TPSA) is 17.1 Å². The van der Waals surface area contributed by atoms with Crippen molar-refractivity contribution in [3.8, 4) is 0 Å². The summed E-state index contributed by atoms with van der Waals surface area (Å²) in [5.41, 5.74) is 0. The first-order valence-corrected chi connectivity index (χ1v) is 10.8. The Balaban J connectivity index is 1.80. The van der Waals surface area contributed by atoms with Crippen LogP contribution in [0.4, 0.5) is 0 Å². The predicted octanol–water partition coefficient (Wildman–Crippen LogP) is 6.81. The molecule has 0 bridgehead atoms. The van der Waals surface area contributed by atoms with Gasteiger partial charge in [-0.2, -0.15) is 0 Å². The molecule has 4 rings (SSSR count). The van der Waals surface area contributed by atoms with Crippen LogP contribution in [0.1, 0.15) is 0 Å². The maximum Gasteiger partial charge on any atom is 0.105 e. The van der Waals surface area contributed by atoms with E-state index in [4.69, 9.17) is 0 Å². The van der Waals surface area contributed by atoms with Crippen molar-refractivity contribution in [2.45, 2.75) is 8.42 Å². The van der Waals surface area contributed by atoms with Crippen LogP contribution >= 0.6 is 54.5 Å². The van der Waals surface area contributed by atoms with Crippen molar-refractivity contribution in [1.82, 2.24) is 0 Å². The highest BCUT2D eigenvalue weighted by Gasteiger charge is 2.14. The molecule has 0 aliphatic heterocycles. The number of fused-ring (bicyclic) bond motifs is 2. The second-order valence-corrected chi connectivity index (χ2v) is 10.7. The number of rotatable bonds is 2. The molecule has 0 amide bonds. The van der Waals surface area contributed by atoms with Crippen molar-refractivity contribution in [2.75, 3.05) is 0 Å². The van der Waals surface area contributed by atoms with Crippen LogP contribution in [0.2, 0.25) is 0 Å². The predicted molar refractivity (Wildman–Crippen MR) is 104 cm³/mol. The summed E-state index contributed by atoms with van der Waals surface area (Å²) < 4.78 is 19.1. The van der Waals surface area contributed by atoms with Crippen molar-refractivity contribution >= 4 is 85.5 Å². The summed E-state index contributed by atoms with van der Waals surface area (Å²) >= 11 is 10.2. The van der Waals surface area contributed by atoms with Gasteiger partial charge < -0.3 is 0 Å². The Morgan fingerprint density at radius 2 is 1.18 bits per heavy atom. The molecule has 0 saturated heterocycles. The first-order chi connectivity index (χ1) is 10.6. The lowest BCUT2D eigenvalue weighted by Crippen LogP contribution is -1.83. The van der Waals surface area contributed by atoms with Crippen molar-refractivity contribution < 1.29 is 4.21 Å². The van der Waals surface area contributed by atoms with Gasteiger partial charge in [0.25, 0.3) is 0 Å². The van der Waals surface area contributed by atoms with Crippen LogP contribution in [-0.2, 0) is 10.8 Å². The lowest BCUT2D eigenvalue weighted by atomic mass is 10.3. The molecular weight excluding hydrogens is 464 g/mol. The lowest BCUT2D eigenvalue weighted by Gasteiger charge is -1.92. The number of benzene rings is 2. The minimum Gasteiger partial charge on any atom is -0.247 e. The van der Waals surface area contributed by atoms with Crippen LogP contribution in [0.3, 0.4) is 0 Å². The molecule has 110 valence electrons. The average molecular weight is 472 g/mol. The SMILES string of the molecule is O=S(c1cc2cc(Br)ccc2s1)c1cc2cc(Br)ccc2s1. The summed E-state index contributed by atoms with van der Waals surface area (Å²) in [6, 6.07) is 16.3. The largest absolute Gasteiger partial charge is 0.247 e. The van der Waals surface area contributed by atoms with E-state index in [1.807, 2.05) is 24.3 Å². The highest BCUT2D eigenvalue weighted by molar-refractivity contribution is 9.10. The maximum atomic E-state index is 12.9. The Labute approximate surface area is 154 Å². The fraction of sp³-hybridized carbons (Fsp3) is 0. The Hall–Kier alpha value is -0.530. The number of hydrogen-bond donors (Lipinski definition) is 0. The third kappa shape index (κ3) is 2.71. The van der Waals surface area contributed by atoms with Gasteiger partial charge in [0.2, 0.25) is 0 Å². The van der Waals surface area contributed by atoms with Crippen LogP contribution in [-0.4, -0.2) is 4.21 Å². The third-order valence-corrected chi connectivity index (χ3v) is 8.46. The van der Waals surface area contributed by atoms with E-state index in [9.17, 15) is 4.21 Å². The molecule has 0 fully saturated rings. The number of hydrogen-bond acceptors (Lipinski definition) is 3. The molecule has 6 heteroatoms. The highest BCUT2D eigenvalue weighted by atomic mass is 79.9. The second-order valence-electron chi connectivity index (χ2n) is 4.76. The zero-order valence-corrected chi connectivity index (χ0v) is 16.6. The molecule has 22 heavy (non-hydrogen) atoms. The van der Waals surface area contributed by atoms with E-state index in [-0.39, 0.29) is 0 Å². The molecule has 0 aliphatic rings. The van der Waals surface area contributed by atoms with Crippen LogP contribution < -0.4 is 0 Å². The molecular formula is C16H8Br2OS3. The smallest absolute Gasteiger partial charge is 0.105 e. The van der Waals surface area contributed by atoms with Crippen molar-refractivity contribution in [2.24, 2.45) is 0 Å². The van der Waals surface area contributed by atoms with Gasteiger partial charge in [0.15, 0.2) is 0 Å². The van der Waals surface area contributed by atoms with Crippen LogP contribution in [0.5, 0.6) is 0 Å². The standard InChI is InChI=1S/C16H8Br2OS3/c17-11-1-3-13-9(5-11)7-15(20-13)22(19)16-8-10-6-12(18)2-4-14(10)21-16/h1-8H. The zero-order chi connectivity index (χ0) is 15.3. The molecule has 0 spiro atoms. The molecule has 0 radical (unpaired) electrons. The van der Waals surface area contributed by atoms with Gasteiger partial charge in [-0.25, -0.2) is 4.21 Å². The zero-order valence-electron chi connectivity index (χ0n) is 11.0. The molecule has 0 N–H and O–H groups in total. The highest BCUT2D eigenvalue weighted by Crippen LogP contribution is 2.36. The van der Waals surface area contributed by atoms with Crippen LogP contribution in [0, 0.1) is 0 Å². The van der Waals surface area contributed by atoms with E-state index in [0.717, 1.165) is 37.5 Å². The molecule has 2 heterocycles. The summed E-state index contributed by atoms with van der Waals surface area (Å²) in [6.45, 7) is 0. The first kappa shape index (κ1) is 15.0. The molecule has 2 aromatic carbocycles. The summed E-state index contributed by atoms with van der Waals surface area (Å²) in [7, 11) is -1.12. The average Bonchev–Trinajstić information content (AvgIpc) is 3.08. The number of halogens is 2. The van der Waals surface area contributed by atoms with E-state index in [0.29, 0.717) is 0 Å². The van der Waals surface area contributed by atoms with Gasteiger partial charge in [-0.3, -0.25) is 0 Å². The Morgan fingerprint density at radius 3 is 1.64 bits per heavy atom. The van der Waals surface area contributed by atoms with Gasteiger partial charge in [0.05, 0.1) is 8.42 Å². The Kier molecular flexibility index (Phi) is 3.98. The molecule has 0 unspecified atom stereocenters. The minimum atomic E-state index is -1.12. The van der Waals surface area contributed by atoms with E-state index >= 15 is 0 Å². The quantitative estimate of drug-likeness (QED) is 0.314. The molecule has 0 aliphatic carbocycles. The van der Waals surface area contributed by atoms with Gasteiger partial charge in [-0.05, 0) is 59.3 Å². The summed E-state index contributed by atoms with van der Waals surface area (Å²) in [5, 5.41) is 2.26. The second kappa shape index (κ2) is 5.83. The van der Waals surface area contributed by atoms with E-state index < -0.39 is 10.8 Å². The van der Waals surface area contributed by atoms with Crippen molar-refractivity contribution in [3.63, 3.8) is 0 Å². The Bertz CT molecular complexity index is 950. The van der Waals surface area contributed by atoms with Crippen LogP contribution in [0.15, 0.2) is 65.9 Å². The van der Waals surface area contributed by atoms with Gasteiger partial charge in [0.1, 0.15) is 10.8 Å². The lowest BCUT2D eigenvalue weighted by molar-refractivity contribution is 0.686. The molecule has 0 saturated carbocycles. The van der Waals surface area contributed by atoms with Crippen LogP contribution in [0.25, 0.3) is 20.2 Å². The van der Waals surface area contributed by atoms with E-state index in [2.05, 4.69) is 56.1 Å². The fourth-order valence-corrected chi connectivity index (χ4v) is 7.08. The summed E-state index contributed by atoms with van der Waals surface area (Å²) in [4.78, 5) is 0. The maximum absolute atomic E-state index is 12.9. The fourth-order valence-electron chi connectivity index (χ4n) is 2.26. The van der Waals surface area contributed by atoms with Gasteiger partial charge >= 0.3 is 0 Å². The van der Waals surface area contributed by atoms with Gasteiger partial charge in [-0.15, -0.1) is 22.7 Å². The minimum absolute atomic E-state index is 0.902. The molecule has 2 aromatic heterocycles. The van der Waals surface area contributed by atoms with E-state index in [1.165, 1.54) is 0 Å². The first-order valence-electron chi connectivity index (χ1n) is 6.40. The van der Waals surface area contributed by atoms with Gasteiger partial charge in [-0.1, -0.05) is 31.9 Å². The van der Waals surface area contributed by atoms with Crippen molar-refractivity contribution in [3.05, 3.63) is 57.5 Å². The molecule has 1 nitrogen and oxygen atoms in total. The normalized spacial score (nSPS) is 11.8. The molecule has 4 aromatic rings. The molecule has 0 atom stereocenters. The third-order valence-electron chi connectivity index (χ3n) is 3.28. The van der Waals surface area contributed by atoms with E-state index in [1.54, 1.807) is 22.7 Å². The van der Waals surface area contributed by atoms with Crippen molar-refractivity contribution in [1.29, 1.82) is 0 Å². The van der Waals surface area contributed by atoms with Gasteiger partial charge in [0, 0.05) is 18.3 Å². The number of thiophene rings is 2. The monoisotopic (exact) mass is 470 g/mol. The summed E-state index contributed by atoms with van der Waals surface area (Å²) in [5.74, 6) is 0. The summed E-state index contributed by atoms with van der Waals surface area (Å²) in [6.07, 6.45) is 0. The Morgan fingerprint density at radius 1 is 0.727 bits per heavy atom.